The first-order valence-corrected chi connectivity index (χ1v) is 7.42. The number of hydrogen-bond acceptors (Lipinski definition) is 2. The van der Waals surface area contributed by atoms with Gasteiger partial charge in [-0.1, -0.05) is 38.1 Å². The number of aromatic nitrogens is 1. The summed E-state index contributed by atoms with van der Waals surface area (Å²) >= 11 is 5.98. The number of benzene rings is 1. The topological polar surface area (TPSA) is 16.1 Å². The van der Waals surface area contributed by atoms with Crippen LogP contribution in [0.15, 0.2) is 30.3 Å². The first-order chi connectivity index (χ1) is 9.19. The Morgan fingerprint density at radius 2 is 1.89 bits per heavy atom. The van der Waals surface area contributed by atoms with Gasteiger partial charge in [-0.2, -0.15) is 0 Å². The maximum Gasteiger partial charge on any atom is 0.136 e. The molecule has 0 amide bonds. The van der Waals surface area contributed by atoms with Crippen LogP contribution >= 0.6 is 11.6 Å². The fraction of sp³-hybridized carbons (Fsp3) is 0.438. The summed E-state index contributed by atoms with van der Waals surface area (Å²) in [7, 11) is 0. The quantitative estimate of drug-likeness (QED) is 0.768. The second-order valence-corrected chi connectivity index (χ2v) is 5.92. The molecule has 2 unspecified atom stereocenters. The molecular weight excluding hydrogens is 256 g/mol. The third-order valence-electron chi connectivity index (χ3n) is 4.20. The summed E-state index contributed by atoms with van der Waals surface area (Å²) in [6.45, 7) is 6.81. The highest BCUT2D eigenvalue weighted by Gasteiger charge is 2.28. The Morgan fingerprint density at radius 1 is 1.21 bits per heavy atom. The van der Waals surface area contributed by atoms with Gasteiger partial charge in [-0.15, -0.1) is 11.6 Å². The Kier molecular flexibility index (Phi) is 3.36. The predicted molar refractivity (Wildman–Crippen MR) is 81.8 cm³/mol. The molecule has 1 aromatic carbocycles. The average Bonchev–Trinajstić information content (AvgIpc) is 2.77. The van der Waals surface area contributed by atoms with Crippen molar-refractivity contribution < 1.29 is 0 Å². The van der Waals surface area contributed by atoms with E-state index in [1.54, 1.807) is 0 Å². The zero-order valence-corrected chi connectivity index (χ0v) is 12.2. The molecule has 0 N–H and O–H groups in total. The van der Waals surface area contributed by atoms with Crippen LogP contribution in [-0.4, -0.2) is 18.1 Å². The van der Waals surface area contributed by atoms with Crippen molar-refractivity contribution in [1.82, 2.24) is 4.98 Å². The van der Waals surface area contributed by atoms with Gasteiger partial charge < -0.3 is 4.90 Å². The molecule has 0 aliphatic carbocycles. The Balaban J connectivity index is 2.11. The van der Waals surface area contributed by atoms with Crippen molar-refractivity contribution in [2.24, 2.45) is 11.8 Å². The normalized spacial score (nSPS) is 23.2. The lowest BCUT2D eigenvalue weighted by atomic mass is 10.0. The van der Waals surface area contributed by atoms with Crippen LogP contribution in [0.4, 0.5) is 5.82 Å². The summed E-state index contributed by atoms with van der Waals surface area (Å²) in [4.78, 5) is 7.17. The van der Waals surface area contributed by atoms with Crippen molar-refractivity contribution in [3.63, 3.8) is 0 Å². The van der Waals surface area contributed by atoms with Crippen LogP contribution in [0.25, 0.3) is 10.8 Å². The molecule has 2 nitrogen and oxygen atoms in total. The molecule has 2 atom stereocenters. The highest BCUT2D eigenvalue weighted by atomic mass is 35.5. The molecule has 1 fully saturated rings. The smallest absolute Gasteiger partial charge is 0.136 e. The van der Waals surface area contributed by atoms with Crippen LogP contribution in [0.1, 0.15) is 19.5 Å². The van der Waals surface area contributed by atoms with Crippen LogP contribution in [-0.2, 0) is 5.88 Å². The van der Waals surface area contributed by atoms with Crippen LogP contribution in [0.2, 0.25) is 0 Å². The molecule has 3 rings (SSSR count). The van der Waals surface area contributed by atoms with Gasteiger partial charge in [0.1, 0.15) is 5.82 Å². The first-order valence-electron chi connectivity index (χ1n) is 6.88. The van der Waals surface area contributed by atoms with Crippen LogP contribution in [0.5, 0.6) is 0 Å². The van der Waals surface area contributed by atoms with Crippen molar-refractivity contribution in [2.75, 3.05) is 18.0 Å². The van der Waals surface area contributed by atoms with Gasteiger partial charge in [0.2, 0.25) is 0 Å². The van der Waals surface area contributed by atoms with E-state index in [1.807, 2.05) is 0 Å². The number of halogens is 1. The van der Waals surface area contributed by atoms with Gasteiger partial charge in [-0.05, 0) is 23.3 Å². The van der Waals surface area contributed by atoms with Crippen LogP contribution in [0.3, 0.4) is 0 Å². The summed E-state index contributed by atoms with van der Waals surface area (Å²) in [5.74, 6) is 3.02. The van der Waals surface area contributed by atoms with Crippen molar-refractivity contribution in [1.29, 1.82) is 0 Å². The molecule has 100 valence electrons. The third kappa shape index (κ3) is 2.30. The molecule has 0 spiro atoms. The maximum absolute atomic E-state index is 5.98. The minimum atomic E-state index is 0.469. The van der Waals surface area contributed by atoms with E-state index in [0.717, 1.165) is 36.4 Å². The van der Waals surface area contributed by atoms with Crippen molar-refractivity contribution in [2.45, 2.75) is 19.7 Å². The third-order valence-corrected chi connectivity index (χ3v) is 4.47. The Morgan fingerprint density at radius 3 is 2.58 bits per heavy atom. The monoisotopic (exact) mass is 274 g/mol. The molecule has 0 bridgehead atoms. The number of anilines is 1. The minimum Gasteiger partial charge on any atom is -0.356 e. The highest BCUT2D eigenvalue weighted by molar-refractivity contribution is 6.17. The lowest BCUT2D eigenvalue weighted by Gasteiger charge is -2.20. The molecule has 0 saturated carbocycles. The van der Waals surface area contributed by atoms with E-state index >= 15 is 0 Å². The van der Waals surface area contributed by atoms with E-state index in [0.29, 0.717) is 5.88 Å². The van der Waals surface area contributed by atoms with E-state index in [4.69, 9.17) is 16.6 Å². The SMILES string of the molecule is CC1CN(c2nc(CCl)cc3ccccc23)CC1C. The van der Waals surface area contributed by atoms with Crippen LogP contribution < -0.4 is 4.90 Å². The van der Waals surface area contributed by atoms with E-state index < -0.39 is 0 Å². The average molecular weight is 275 g/mol. The molecule has 3 heteroatoms. The summed E-state index contributed by atoms with van der Waals surface area (Å²) in [6, 6.07) is 10.5. The van der Waals surface area contributed by atoms with Gasteiger partial charge in [0.25, 0.3) is 0 Å². The minimum absolute atomic E-state index is 0.469. The number of hydrogen-bond donors (Lipinski definition) is 0. The van der Waals surface area contributed by atoms with Gasteiger partial charge in [0.05, 0.1) is 11.6 Å². The number of fused-ring (bicyclic) bond motifs is 1. The molecule has 19 heavy (non-hydrogen) atoms. The summed E-state index contributed by atoms with van der Waals surface area (Å²) in [5.41, 5.74) is 0.961. The van der Waals surface area contributed by atoms with Crippen molar-refractivity contribution >= 4 is 28.2 Å². The Hall–Kier alpha value is -1.28. The van der Waals surface area contributed by atoms with E-state index in [9.17, 15) is 0 Å². The fourth-order valence-electron chi connectivity index (χ4n) is 2.85. The van der Waals surface area contributed by atoms with Gasteiger partial charge in [-0.3, -0.25) is 0 Å². The number of alkyl halides is 1. The van der Waals surface area contributed by atoms with E-state index in [-0.39, 0.29) is 0 Å². The van der Waals surface area contributed by atoms with Crippen molar-refractivity contribution in [3.05, 3.63) is 36.0 Å². The lowest BCUT2D eigenvalue weighted by Crippen LogP contribution is -2.21. The fourth-order valence-corrected chi connectivity index (χ4v) is 2.98. The zero-order chi connectivity index (χ0) is 13.4. The molecule has 0 radical (unpaired) electrons. The standard InChI is InChI=1S/C16H19ClN2/c1-11-9-19(10-12(11)2)16-15-6-4-3-5-13(15)7-14(8-17)18-16/h3-7,11-12H,8-10H2,1-2H3. The molecule has 1 aromatic heterocycles. The molecule has 1 aliphatic heterocycles. The largest absolute Gasteiger partial charge is 0.356 e. The molecule has 2 aromatic rings. The van der Waals surface area contributed by atoms with Crippen LogP contribution in [0, 0.1) is 11.8 Å². The van der Waals surface area contributed by atoms with Gasteiger partial charge in [0.15, 0.2) is 0 Å². The summed E-state index contributed by atoms with van der Waals surface area (Å²) in [5, 5.41) is 2.47. The first kappa shape index (κ1) is 12.7. The predicted octanol–water partition coefficient (Wildman–Crippen LogP) is 4.07. The molecular formula is C16H19ClN2. The molecule has 2 heterocycles. The number of nitrogens with zero attached hydrogens (tertiary/aromatic N) is 2. The van der Waals surface area contributed by atoms with Gasteiger partial charge >= 0.3 is 0 Å². The second kappa shape index (κ2) is 5.01. The number of pyridine rings is 1. The number of rotatable bonds is 2. The van der Waals surface area contributed by atoms with E-state index in [1.165, 1.54) is 10.8 Å². The highest BCUT2D eigenvalue weighted by Crippen LogP contribution is 2.32. The van der Waals surface area contributed by atoms with Gasteiger partial charge in [-0.25, -0.2) is 4.98 Å². The molecule has 1 aliphatic rings. The van der Waals surface area contributed by atoms with Gasteiger partial charge in [0, 0.05) is 18.5 Å². The lowest BCUT2D eigenvalue weighted by molar-refractivity contribution is 0.494. The van der Waals surface area contributed by atoms with E-state index in [2.05, 4.69) is 49.1 Å². The summed E-state index contributed by atoms with van der Waals surface area (Å²) < 4.78 is 0. The molecule has 1 saturated heterocycles. The Labute approximate surface area is 119 Å². The zero-order valence-electron chi connectivity index (χ0n) is 11.4. The summed E-state index contributed by atoms with van der Waals surface area (Å²) in [6.07, 6.45) is 0. The maximum atomic E-state index is 5.98. The Bertz CT molecular complexity index is 586. The van der Waals surface area contributed by atoms with Crippen molar-refractivity contribution in [3.8, 4) is 0 Å². The second-order valence-electron chi connectivity index (χ2n) is 5.65.